The van der Waals surface area contributed by atoms with Gasteiger partial charge in [-0.05, 0) is 18.2 Å². The number of hydrogen-bond acceptors (Lipinski definition) is 2. The van der Waals surface area contributed by atoms with E-state index in [1.54, 1.807) is 0 Å². The van der Waals surface area contributed by atoms with Gasteiger partial charge in [-0.15, -0.1) is 0 Å². The third-order valence-corrected chi connectivity index (χ3v) is 2.90. The van der Waals surface area contributed by atoms with E-state index in [0.717, 1.165) is 27.6 Å². The largest absolute Gasteiger partial charge is 0.382 e. The van der Waals surface area contributed by atoms with E-state index >= 15 is 0 Å². The number of aromatic nitrogens is 2. The fourth-order valence-electron chi connectivity index (χ4n) is 2.09. The summed E-state index contributed by atoms with van der Waals surface area (Å²) in [5.74, 6) is 0. The van der Waals surface area contributed by atoms with Crippen LogP contribution < -0.4 is 0 Å². The maximum atomic E-state index is 5.50. The third-order valence-electron chi connectivity index (χ3n) is 2.90. The van der Waals surface area contributed by atoms with Crippen molar-refractivity contribution in [3.63, 3.8) is 0 Å². The molecule has 1 N–H and O–H groups in total. The fourth-order valence-corrected chi connectivity index (χ4v) is 2.09. The van der Waals surface area contributed by atoms with Gasteiger partial charge in [0.25, 0.3) is 0 Å². The Morgan fingerprint density at radius 3 is 2.75 bits per heavy atom. The van der Waals surface area contributed by atoms with Crippen LogP contribution in [0.1, 0.15) is 26.5 Å². The Bertz CT molecular complexity index is 655. The van der Waals surface area contributed by atoms with Gasteiger partial charge in [-0.25, -0.2) is 5.16 Å². The average Bonchev–Trinajstić information content (AvgIpc) is 2.81. The molecule has 3 aromatic rings. The van der Waals surface area contributed by atoms with Crippen LogP contribution in [0.5, 0.6) is 0 Å². The molecule has 82 valence electrons. The van der Waals surface area contributed by atoms with Crippen molar-refractivity contribution < 1.29 is 4.52 Å². The molecule has 3 nitrogen and oxygen atoms in total. The normalized spacial score (nSPS) is 12.7. The zero-order chi connectivity index (χ0) is 11.3. The number of fused-ring (bicyclic) bond motifs is 3. The summed E-state index contributed by atoms with van der Waals surface area (Å²) in [7, 11) is 0. The van der Waals surface area contributed by atoms with Gasteiger partial charge in [-0.3, -0.25) is 4.98 Å². The van der Waals surface area contributed by atoms with Crippen molar-refractivity contribution in [1.82, 2.24) is 10.1 Å². The molecule has 0 saturated heterocycles. The average molecular weight is 214 g/mol. The van der Waals surface area contributed by atoms with E-state index in [1.807, 2.05) is 24.4 Å². The lowest BCUT2D eigenvalue weighted by molar-refractivity contribution is 0.419. The van der Waals surface area contributed by atoms with Gasteiger partial charge in [0.1, 0.15) is 0 Å². The summed E-state index contributed by atoms with van der Waals surface area (Å²) in [6.45, 7) is 6.51. The van der Waals surface area contributed by atoms with Crippen molar-refractivity contribution in [3.05, 3.63) is 30.1 Å². The molecule has 0 atom stereocenters. The molecular weight excluding hydrogens is 200 g/mol. The zero-order valence-electron chi connectivity index (χ0n) is 9.66. The van der Waals surface area contributed by atoms with Crippen molar-refractivity contribution in [1.29, 1.82) is 0 Å². The quantitative estimate of drug-likeness (QED) is 0.621. The van der Waals surface area contributed by atoms with Gasteiger partial charge in [-0.1, -0.05) is 20.8 Å². The molecule has 3 rings (SSSR count). The Labute approximate surface area is 93.4 Å². The summed E-state index contributed by atoms with van der Waals surface area (Å²) in [5, 5.41) is 5.35. The highest BCUT2D eigenvalue weighted by molar-refractivity contribution is 6.06. The molecule has 0 radical (unpaired) electrons. The van der Waals surface area contributed by atoms with Gasteiger partial charge >= 0.3 is 0 Å². The molecule has 0 amide bonds. The first-order valence-corrected chi connectivity index (χ1v) is 5.42. The Morgan fingerprint density at radius 2 is 2.00 bits per heavy atom. The van der Waals surface area contributed by atoms with Gasteiger partial charge in [-0.2, -0.15) is 0 Å². The van der Waals surface area contributed by atoms with E-state index in [4.69, 9.17) is 4.52 Å². The number of H-pyrrole nitrogens is 1. The number of nitrogens with zero attached hydrogens (tertiary/aromatic N) is 1. The van der Waals surface area contributed by atoms with Crippen LogP contribution in [0.25, 0.3) is 21.9 Å². The van der Waals surface area contributed by atoms with E-state index in [-0.39, 0.29) is 5.41 Å². The number of benzene rings is 1. The van der Waals surface area contributed by atoms with Crippen LogP contribution in [-0.2, 0) is 5.41 Å². The molecule has 0 aliphatic rings. The van der Waals surface area contributed by atoms with Crippen LogP contribution in [0.2, 0.25) is 0 Å². The molecule has 2 heterocycles. The van der Waals surface area contributed by atoms with Gasteiger partial charge in [0, 0.05) is 17.0 Å². The number of nitrogens with one attached hydrogen (secondary N) is 1. The van der Waals surface area contributed by atoms with Gasteiger partial charge < -0.3 is 4.52 Å². The van der Waals surface area contributed by atoms with E-state index in [9.17, 15) is 0 Å². The molecule has 0 fully saturated rings. The molecule has 3 heteroatoms. The Hall–Kier alpha value is -1.77. The summed E-state index contributed by atoms with van der Waals surface area (Å²) >= 11 is 0. The maximum absolute atomic E-state index is 5.50. The summed E-state index contributed by atoms with van der Waals surface area (Å²) in [6, 6.07) is 5.99. The third kappa shape index (κ3) is 1.18. The lowest BCUT2D eigenvalue weighted by Crippen LogP contribution is -2.11. The maximum Gasteiger partial charge on any atom is 0.164 e. The number of aromatic amines is 1. The highest BCUT2D eigenvalue weighted by atomic mass is 16.5. The lowest BCUT2D eigenvalue weighted by atomic mass is 9.89. The van der Waals surface area contributed by atoms with E-state index in [0.29, 0.717) is 0 Å². The summed E-state index contributed by atoms with van der Waals surface area (Å²) in [6.07, 6.45) is 1.84. The second-order valence-electron chi connectivity index (χ2n) is 5.15. The number of rotatable bonds is 0. The number of hydrogen-bond donors (Lipinski definition) is 1. The Balaban J connectivity index is 2.51. The Morgan fingerprint density at radius 1 is 1.19 bits per heavy atom. The van der Waals surface area contributed by atoms with E-state index in [1.165, 1.54) is 0 Å². The molecule has 1 aromatic carbocycles. The predicted molar refractivity (Wildman–Crippen MR) is 64.6 cm³/mol. The summed E-state index contributed by atoms with van der Waals surface area (Å²) in [5.41, 5.74) is 3.08. The van der Waals surface area contributed by atoms with Gasteiger partial charge in [0.15, 0.2) is 5.58 Å². The van der Waals surface area contributed by atoms with Gasteiger partial charge in [0.05, 0.1) is 16.6 Å². The van der Waals surface area contributed by atoms with Crippen molar-refractivity contribution >= 4 is 21.9 Å². The zero-order valence-corrected chi connectivity index (χ0v) is 9.66. The lowest BCUT2D eigenvalue weighted by Gasteiger charge is -2.15. The molecule has 0 unspecified atom stereocenters. The van der Waals surface area contributed by atoms with Crippen LogP contribution in [0.3, 0.4) is 0 Å². The molecular formula is C13H14N2O. The molecule has 0 bridgehead atoms. The van der Waals surface area contributed by atoms with Crippen molar-refractivity contribution in [2.24, 2.45) is 0 Å². The Kier molecular flexibility index (Phi) is 1.70. The standard InChI is InChI=1S/C13H14N2O/c1-13(2,3)12-11-8-6-7-14-9(8)4-5-10(11)16-15-12/h4-7,15H,1-3H3. The summed E-state index contributed by atoms with van der Waals surface area (Å²) in [4.78, 5) is 4.32. The van der Waals surface area contributed by atoms with Gasteiger partial charge in [0.2, 0.25) is 0 Å². The molecule has 16 heavy (non-hydrogen) atoms. The minimum Gasteiger partial charge on any atom is -0.382 e. The predicted octanol–water partition coefficient (Wildman–Crippen LogP) is 3.61. The van der Waals surface area contributed by atoms with Crippen molar-refractivity contribution in [2.75, 3.05) is 0 Å². The second kappa shape index (κ2) is 2.88. The minimum atomic E-state index is 0.0385. The highest BCUT2D eigenvalue weighted by Gasteiger charge is 2.22. The van der Waals surface area contributed by atoms with Crippen LogP contribution >= 0.6 is 0 Å². The van der Waals surface area contributed by atoms with Crippen LogP contribution in [0.4, 0.5) is 0 Å². The van der Waals surface area contributed by atoms with Crippen molar-refractivity contribution in [2.45, 2.75) is 26.2 Å². The van der Waals surface area contributed by atoms with Crippen LogP contribution in [-0.4, -0.2) is 10.1 Å². The van der Waals surface area contributed by atoms with Crippen molar-refractivity contribution in [3.8, 4) is 0 Å². The fraction of sp³-hybridized carbons (Fsp3) is 0.308. The molecule has 0 spiro atoms. The minimum absolute atomic E-state index is 0.0385. The van der Waals surface area contributed by atoms with E-state index < -0.39 is 0 Å². The van der Waals surface area contributed by atoms with Crippen LogP contribution in [0.15, 0.2) is 28.9 Å². The topological polar surface area (TPSA) is 41.8 Å². The monoisotopic (exact) mass is 214 g/mol. The van der Waals surface area contributed by atoms with E-state index in [2.05, 4.69) is 30.9 Å². The van der Waals surface area contributed by atoms with Crippen LogP contribution in [0, 0.1) is 0 Å². The molecule has 2 aromatic heterocycles. The SMILES string of the molecule is CC(C)(C)c1[nH]oc2ccc3nccc3c12. The molecule has 0 aliphatic heterocycles. The first kappa shape index (κ1) is 9.46. The highest BCUT2D eigenvalue weighted by Crippen LogP contribution is 2.33. The molecule has 0 saturated carbocycles. The first-order valence-electron chi connectivity index (χ1n) is 5.42. The smallest absolute Gasteiger partial charge is 0.164 e. The second-order valence-corrected chi connectivity index (χ2v) is 5.15. The summed E-state index contributed by atoms with van der Waals surface area (Å²) < 4.78 is 5.50. The first-order chi connectivity index (χ1) is 7.57. The molecule has 0 aliphatic carbocycles.